The molecule has 0 radical (unpaired) electrons. The first-order chi connectivity index (χ1) is 9.74. The molecule has 0 aliphatic carbocycles. The van der Waals surface area contributed by atoms with Crippen LogP contribution in [0.15, 0.2) is 30.3 Å². The van der Waals surface area contributed by atoms with Crippen LogP contribution in [-0.2, 0) is 0 Å². The lowest BCUT2D eigenvalue weighted by molar-refractivity contribution is 0.243. The number of rotatable bonds is 2. The molecule has 1 aromatic heterocycles. The smallest absolute Gasteiger partial charge is 0.320 e. The van der Waals surface area contributed by atoms with E-state index in [0.29, 0.717) is 11.7 Å². The Morgan fingerprint density at radius 1 is 1.14 bits per heavy atom. The number of pyridine rings is 1. The molecule has 0 aliphatic rings. The lowest BCUT2D eigenvalue weighted by Crippen LogP contribution is -2.43. The van der Waals surface area contributed by atoms with Crippen LogP contribution in [0.4, 0.5) is 10.6 Å². The van der Waals surface area contributed by atoms with Crippen molar-refractivity contribution in [3.05, 3.63) is 35.9 Å². The molecular weight excluding hydrogens is 262 g/mol. The molecule has 0 atom stereocenters. The summed E-state index contributed by atoms with van der Waals surface area (Å²) in [7, 11) is 0. The Morgan fingerprint density at radius 3 is 2.48 bits per heavy atom. The van der Waals surface area contributed by atoms with Gasteiger partial charge in [-0.25, -0.2) is 9.78 Å². The fourth-order valence-corrected chi connectivity index (χ4v) is 2.06. The van der Waals surface area contributed by atoms with Crippen molar-refractivity contribution in [2.75, 3.05) is 5.32 Å². The minimum Gasteiger partial charge on any atom is -0.333 e. The van der Waals surface area contributed by atoms with Gasteiger partial charge in [0.25, 0.3) is 0 Å². The Hall–Kier alpha value is -2.10. The number of aromatic nitrogens is 1. The summed E-state index contributed by atoms with van der Waals surface area (Å²) in [6.45, 7) is 10.2. The van der Waals surface area contributed by atoms with Crippen molar-refractivity contribution in [3.8, 4) is 0 Å². The first kappa shape index (κ1) is 15.3. The van der Waals surface area contributed by atoms with Gasteiger partial charge in [-0.3, -0.25) is 5.32 Å². The zero-order chi connectivity index (χ0) is 15.6. The van der Waals surface area contributed by atoms with Gasteiger partial charge in [0.05, 0.1) is 5.52 Å². The van der Waals surface area contributed by atoms with Crippen LogP contribution >= 0.6 is 0 Å². The highest BCUT2D eigenvalue weighted by Crippen LogP contribution is 2.21. The molecule has 0 saturated heterocycles. The van der Waals surface area contributed by atoms with Crippen molar-refractivity contribution in [3.63, 3.8) is 0 Å². The Bertz CT molecular complexity index is 657. The van der Waals surface area contributed by atoms with E-state index in [0.717, 1.165) is 10.9 Å². The predicted molar refractivity (Wildman–Crippen MR) is 87.7 cm³/mol. The molecule has 0 bridgehead atoms. The van der Waals surface area contributed by atoms with Crippen molar-refractivity contribution >= 4 is 22.8 Å². The monoisotopic (exact) mass is 285 g/mol. The van der Waals surface area contributed by atoms with E-state index in [2.05, 4.69) is 41.6 Å². The average Bonchev–Trinajstić information content (AvgIpc) is 2.35. The van der Waals surface area contributed by atoms with Gasteiger partial charge in [-0.05, 0) is 56.5 Å². The number of nitrogens with one attached hydrogen (secondary N) is 2. The van der Waals surface area contributed by atoms with Crippen molar-refractivity contribution in [2.24, 2.45) is 0 Å². The maximum Gasteiger partial charge on any atom is 0.320 e. The zero-order valence-electron chi connectivity index (χ0n) is 13.3. The van der Waals surface area contributed by atoms with Gasteiger partial charge in [0, 0.05) is 10.9 Å². The summed E-state index contributed by atoms with van der Waals surface area (Å²) >= 11 is 0. The summed E-state index contributed by atoms with van der Waals surface area (Å²) < 4.78 is 0. The molecule has 2 aromatic rings. The normalized spacial score (nSPS) is 11.7. The Labute approximate surface area is 126 Å². The number of hydrogen-bond donors (Lipinski definition) is 2. The van der Waals surface area contributed by atoms with Crippen LogP contribution in [0.5, 0.6) is 0 Å². The lowest BCUT2D eigenvalue weighted by Gasteiger charge is -2.20. The average molecular weight is 285 g/mol. The van der Waals surface area contributed by atoms with Gasteiger partial charge in [0.2, 0.25) is 0 Å². The second kappa shape index (κ2) is 5.72. The predicted octanol–water partition coefficient (Wildman–Crippen LogP) is 4.28. The van der Waals surface area contributed by atoms with E-state index in [1.54, 1.807) is 0 Å². The molecule has 2 amide bonds. The molecule has 0 fully saturated rings. The second-order valence-electron chi connectivity index (χ2n) is 6.63. The fourth-order valence-electron chi connectivity index (χ4n) is 2.06. The molecule has 2 rings (SSSR count). The van der Waals surface area contributed by atoms with Crippen molar-refractivity contribution in [1.29, 1.82) is 0 Å². The number of benzene rings is 1. The number of carbonyl (C=O) groups excluding carboxylic acids is 1. The molecule has 0 unspecified atom stereocenters. The third-order valence-corrected chi connectivity index (χ3v) is 3.11. The van der Waals surface area contributed by atoms with E-state index in [-0.39, 0.29) is 11.6 Å². The van der Waals surface area contributed by atoms with Crippen LogP contribution in [0.25, 0.3) is 10.9 Å². The van der Waals surface area contributed by atoms with E-state index >= 15 is 0 Å². The third kappa shape index (κ3) is 4.18. The topological polar surface area (TPSA) is 54.0 Å². The number of urea groups is 1. The fraction of sp³-hybridized carbons (Fsp3) is 0.412. The molecule has 1 heterocycles. The van der Waals surface area contributed by atoms with Crippen LogP contribution in [0, 0.1) is 0 Å². The Morgan fingerprint density at radius 2 is 1.86 bits per heavy atom. The van der Waals surface area contributed by atoms with Crippen molar-refractivity contribution < 1.29 is 4.79 Å². The molecule has 1 aromatic carbocycles. The minimum atomic E-state index is -0.271. The molecule has 0 saturated carbocycles. The van der Waals surface area contributed by atoms with E-state index in [1.165, 1.54) is 5.56 Å². The van der Waals surface area contributed by atoms with Gasteiger partial charge in [-0.15, -0.1) is 0 Å². The quantitative estimate of drug-likeness (QED) is 0.865. The number of amides is 2. The summed E-state index contributed by atoms with van der Waals surface area (Å²) in [4.78, 5) is 16.3. The van der Waals surface area contributed by atoms with Gasteiger partial charge in [0.15, 0.2) is 0 Å². The Kier molecular flexibility index (Phi) is 4.16. The van der Waals surface area contributed by atoms with E-state index in [9.17, 15) is 4.79 Å². The number of carbonyl (C=O) groups is 1. The van der Waals surface area contributed by atoms with Crippen LogP contribution in [0.3, 0.4) is 0 Å². The first-order valence-electron chi connectivity index (χ1n) is 7.24. The third-order valence-electron chi connectivity index (χ3n) is 3.11. The van der Waals surface area contributed by atoms with E-state index in [1.807, 2.05) is 39.0 Å². The highest BCUT2D eigenvalue weighted by Gasteiger charge is 2.14. The number of fused-ring (bicyclic) bond motifs is 1. The lowest BCUT2D eigenvalue weighted by atomic mass is 10.0. The van der Waals surface area contributed by atoms with Crippen LogP contribution < -0.4 is 10.6 Å². The molecular formula is C17H23N3O. The van der Waals surface area contributed by atoms with E-state index < -0.39 is 0 Å². The van der Waals surface area contributed by atoms with Gasteiger partial charge in [0.1, 0.15) is 5.82 Å². The maximum absolute atomic E-state index is 11.8. The highest BCUT2D eigenvalue weighted by molar-refractivity contribution is 5.90. The zero-order valence-corrected chi connectivity index (χ0v) is 13.3. The molecule has 112 valence electrons. The van der Waals surface area contributed by atoms with Gasteiger partial charge in [-0.2, -0.15) is 0 Å². The SMILES string of the molecule is CC(C)c1ccc2nc(NC(=O)NC(C)(C)C)ccc2c1. The van der Waals surface area contributed by atoms with Gasteiger partial charge < -0.3 is 5.32 Å². The van der Waals surface area contributed by atoms with Crippen molar-refractivity contribution in [1.82, 2.24) is 10.3 Å². The second-order valence-corrected chi connectivity index (χ2v) is 6.63. The number of nitrogens with zero attached hydrogens (tertiary/aromatic N) is 1. The van der Waals surface area contributed by atoms with Crippen molar-refractivity contribution in [2.45, 2.75) is 46.1 Å². The summed E-state index contributed by atoms with van der Waals surface area (Å²) in [6, 6.07) is 9.80. The first-order valence-corrected chi connectivity index (χ1v) is 7.24. The summed E-state index contributed by atoms with van der Waals surface area (Å²) in [5.41, 5.74) is 1.90. The highest BCUT2D eigenvalue weighted by atomic mass is 16.2. The standard InChI is InChI=1S/C17H23N3O/c1-11(2)12-6-8-14-13(10-12)7-9-15(18-14)19-16(21)20-17(3,4)5/h6-11H,1-5H3,(H2,18,19,20,21). The minimum absolute atomic E-state index is 0.242. The van der Waals surface area contributed by atoms with Crippen LogP contribution in [0.2, 0.25) is 0 Å². The van der Waals surface area contributed by atoms with Gasteiger partial charge >= 0.3 is 6.03 Å². The number of hydrogen-bond acceptors (Lipinski definition) is 2. The maximum atomic E-state index is 11.8. The summed E-state index contributed by atoms with van der Waals surface area (Å²) in [5.74, 6) is 1.05. The van der Waals surface area contributed by atoms with Crippen LogP contribution in [0.1, 0.15) is 46.1 Å². The molecule has 4 nitrogen and oxygen atoms in total. The largest absolute Gasteiger partial charge is 0.333 e. The number of anilines is 1. The molecule has 2 N–H and O–H groups in total. The van der Waals surface area contributed by atoms with Gasteiger partial charge in [-0.1, -0.05) is 19.9 Å². The van der Waals surface area contributed by atoms with Crippen LogP contribution in [-0.4, -0.2) is 16.6 Å². The summed E-state index contributed by atoms with van der Waals surface area (Å²) in [5, 5.41) is 6.70. The molecule has 21 heavy (non-hydrogen) atoms. The molecule has 4 heteroatoms. The van der Waals surface area contributed by atoms with E-state index in [4.69, 9.17) is 0 Å². The Balaban J connectivity index is 2.20. The molecule has 0 aliphatic heterocycles. The summed E-state index contributed by atoms with van der Waals surface area (Å²) in [6.07, 6.45) is 0. The molecule has 0 spiro atoms.